The molecule has 10 nitrogen and oxygen atoms in total. The maximum atomic E-state index is 14.7. The Balaban J connectivity index is 1.88. The Morgan fingerprint density at radius 3 is 1.98 bits per heavy atom. The van der Waals surface area contributed by atoms with Crippen LogP contribution in [0.5, 0.6) is 17.2 Å². The predicted octanol–water partition coefficient (Wildman–Crippen LogP) is 6.38. The second-order valence-electron chi connectivity index (χ2n) is 11.4. The minimum atomic E-state index is -4.50. The molecule has 0 aromatic heterocycles. The predicted molar refractivity (Wildman–Crippen MR) is 191 cm³/mol. The Morgan fingerprint density at radius 1 is 0.755 bits per heavy atom. The Hall–Kier alpha value is -4.45. The van der Waals surface area contributed by atoms with Crippen LogP contribution in [0.25, 0.3) is 0 Å². The van der Waals surface area contributed by atoms with Crippen LogP contribution in [-0.2, 0) is 32.6 Å². The lowest BCUT2D eigenvalue weighted by Crippen LogP contribution is -2.54. The first-order valence-corrected chi connectivity index (χ1v) is 17.5. The maximum absolute atomic E-state index is 14.7. The average molecular weight is 729 g/mol. The first-order chi connectivity index (χ1) is 23.4. The van der Waals surface area contributed by atoms with Crippen LogP contribution in [0.15, 0.2) is 95.9 Å². The molecule has 1 N–H and O–H groups in total. The van der Waals surface area contributed by atoms with Crippen molar-refractivity contribution in [3.8, 4) is 17.2 Å². The summed E-state index contributed by atoms with van der Waals surface area (Å²) in [5, 5.41) is 3.65. The van der Waals surface area contributed by atoms with Gasteiger partial charge in [-0.15, -0.1) is 0 Å². The third-order valence-electron chi connectivity index (χ3n) is 7.60. The summed E-state index contributed by atoms with van der Waals surface area (Å²) in [5.41, 5.74) is 1.52. The van der Waals surface area contributed by atoms with Crippen molar-refractivity contribution in [1.82, 2.24) is 10.2 Å². The molecule has 49 heavy (non-hydrogen) atoms. The standard InChI is InChI=1S/C36H39Cl2N3O7S/c1-24(2)39-36(43)31(19-25-9-7-6-8-10-25)40(22-26-11-13-27(37)14-12-26)35(42)23-41(30-20-28(38)15-17-32(30)46-3)49(44,45)29-16-18-33(47-4)34(21-29)48-5/h6-18,20-21,24,31H,19,22-23H2,1-5H3,(H,39,43)/t31-/m1/s1. The number of amides is 2. The van der Waals surface area contributed by atoms with Gasteiger partial charge in [-0.05, 0) is 67.4 Å². The van der Waals surface area contributed by atoms with Gasteiger partial charge < -0.3 is 24.4 Å². The van der Waals surface area contributed by atoms with E-state index in [-0.39, 0.29) is 46.1 Å². The molecule has 4 aromatic carbocycles. The number of halogens is 2. The number of nitrogens with zero attached hydrogens (tertiary/aromatic N) is 2. The Morgan fingerprint density at radius 2 is 1.37 bits per heavy atom. The van der Waals surface area contributed by atoms with Crippen molar-refractivity contribution in [2.24, 2.45) is 0 Å². The van der Waals surface area contributed by atoms with Crippen LogP contribution >= 0.6 is 23.2 Å². The van der Waals surface area contributed by atoms with Gasteiger partial charge in [-0.25, -0.2) is 8.42 Å². The van der Waals surface area contributed by atoms with Crippen molar-refractivity contribution in [3.05, 3.63) is 112 Å². The summed E-state index contributed by atoms with van der Waals surface area (Å²) in [5.74, 6) is -0.399. The van der Waals surface area contributed by atoms with E-state index in [4.69, 9.17) is 37.4 Å². The monoisotopic (exact) mass is 727 g/mol. The van der Waals surface area contributed by atoms with Crippen LogP contribution in [0.3, 0.4) is 0 Å². The molecule has 0 unspecified atom stereocenters. The van der Waals surface area contributed by atoms with E-state index in [0.717, 1.165) is 9.87 Å². The number of nitrogens with one attached hydrogen (secondary N) is 1. The van der Waals surface area contributed by atoms with Crippen molar-refractivity contribution < 1.29 is 32.2 Å². The summed E-state index contributed by atoms with van der Waals surface area (Å²) in [7, 11) is -0.292. The Bertz CT molecular complexity index is 1860. The number of benzene rings is 4. The number of sulfonamides is 1. The van der Waals surface area contributed by atoms with Crippen LogP contribution < -0.4 is 23.8 Å². The Kier molecular flexibility index (Phi) is 12.8. The average Bonchev–Trinajstić information content (AvgIpc) is 3.09. The molecule has 0 aliphatic rings. The van der Waals surface area contributed by atoms with E-state index in [2.05, 4.69) is 5.32 Å². The molecule has 0 heterocycles. The van der Waals surface area contributed by atoms with Gasteiger partial charge in [-0.2, -0.15) is 0 Å². The van der Waals surface area contributed by atoms with E-state index in [9.17, 15) is 18.0 Å². The highest BCUT2D eigenvalue weighted by Gasteiger charge is 2.36. The molecule has 1 atom stereocenters. The third kappa shape index (κ3) is 9.38. The van der Waals surface area contributed by atoms with Gasteiger partial charge in [0.25, 0.3) is 10.0 Å². The molecule has 0 saturated carbocycles. The zero-order valence-corrected chi connectivity index (χ0v) is 30.2. The summed E-state index contributed by atoms with van der Waals surface area (Å²) >= 11 is 12.5. The minimum absolute atomic E-state index is 0.0179. The number of carbonyl (C=O) groups excluding carboxylic acids is 2. The van der Waals surface area contributed by atoms with Gasteiger partial charge >= 0.3 is 0 Å². The summed E-state index contributed by atoms with van der Waals surface area (Å²) in [6, 6.07) is 23.5. The number of hydrogen-bond donors (Lipinski definition) is 1. The molecule has 2 amide bonds. The van der Waals surface area contributed by atoms with E-state index >= 15 is 0 Å². The lowest BCUT2D eigenvalue weighted by atomic mass is 10.0. The molecule has 0 bridgehead atoms. The first-order valence-electron chi connectivity index (χ1n) is 15.3. The molecule has 13 heteroatoms. The van der Waals surface area contributed by atoms with Gasteiger partial charge in [0.1, 0.15) is 18.3 Å². The van der Waals surface area contributed by atoms with Crippen molar-refractivity contribution in [2.45, 2.75) is 43.8 Å². The number of rotatable bonds is 15. The number of anilines is 1. The van der Waals surface area contributed by atoms with Crippen molar-refractivity contribution in [1.29, 1.82) is 0 Å². The second kappa shape index (κ2) is 16.8. The van der Waals surface area contributed by atoms with Crippen molar-refractivity contribution in [3.63, 3.8) is 0 Å². The summed E-state index contributed by atoms with van der Waals surface area (Å²) in [6.07, 6.45) is 0.168. The summed E-state index contributed by atoms with van der Waals surface area (Å²) < 4.78 is 46.2. The maximum Gasteiger partial charge on any atom is 0.265 e. The van der Waals surface area contributed by atoms with E-state index < -0.39 is 34.4 Å². The highest BCUT2D eigenvalue weighted by atomic mass is 35.5. The molecule has 0 fully saturated rings. The van der Waals surface area contributed by atoms with Gasteiger partial charge in [0.05, 0.1) is 31.9 Å². The zero-order valence-electron chi connectivity index (χ0n) is 27.9. The molecule has 0 aliphatic heterocycles. The quantitative estimate of drug-likeness (QED) is 0.151. The van der Waals surface area contributed by atoms with Crippen molar-refractivity contribution in [2.75, 3.05) is 32.2 Å². The number of methoxy groups -OCH3 is 3. The smallest absolute Gasteiger partial charge is 0.265 e. The van der Waals surface area contributed by atoms with Crippen LogP contribution in [-0.4, -0.2) is 65.1 Å². The number of ether oxygens (including phenoxy) is 3. The van der Waals surface area contributed by atoms with Gasteiger partial charge in [0.2, 0.25) is 11.8 Å². The summed E-state index contributed by atoms with van der Waals surface area (Å²) in [4.78, 5) is 29.8. The molecular formula is C36H39Cl2N3O7S. The third-order valence-corrected chi connectivity index (χ3v) is 9.84. The van der Waals surface area contributed by atoms with E-state index in [0.29, 0.717) is 16.3 Å². The molecule has 4 aromatic rings. The Labute approximate surface area is 297 Å². The van der Waals surface area contributed by atoms with E-state index in [1.165, 1.54) is 56.6 Å². The zero-order chi connectivity index (χ0) is 35.7. The molecule has 4 rings (SSSR count). The van der Waals surface area contributed by atoms with Gasteiger partial charge in [-0.3, -0.25) is 13.9 Å². The normalized spacial score (nSPS) is 11.8. The van der Waals surface area contributed by atoms with Gasteiger partial charge in [0.15, 0.2) is 11.5 Å². The molecule has 260 valence electrons. The highest BCUT2D eigenvalue weighted by molar-refractivity contribution is 7.92. The molecular weight excluding hydrogens is 689 g/mol. The molecule has 0 saturated heterocycles. The largest absolute Gasteiger partial charge is 0.495 e. The lowest BCUT2D eigenvalue weighted by molar-refractivity contribution is -0.140. The fourth-order valence-corrected chi connectivity index (χ4v) is 6.92. The summed E-state index contributed by atoms with van der Waals surface area (Å²) in [6.45, 7) is 2.93. The number of hydrogen-bond acceptors (Lipinski definition) is 7. The topological polar surface area (TPSA) is 114 Å². The molecule has 0 aliphatic carbocycles. The van der Waals surface area contributed by atoms with Crippen LogP contribution in [0.1, 0.15) is 25.0 Å². The highest BCUT2D eigenvalue weighted by Crippen LogP contribution is 2.37. The fourth-order valence-electron chi connectivity index (χ4n) is 5.20. The van der Waals surface area contributed by atoms with Crippen LogP contribution in [0, 0.1) is 0 Å². The second-order valence-corrected chi connectivity index (χ2v) is 14.1. The lowest BCUT2D eigenvalue weighted by Gasteiger charge is -2.34. The molecule has 0 spiro atoms. The molecule has 0 radical (unpaired) electrons. The van der Waals surface area contributed by atoms with Crippen molar-refractivity contribution >= 4 is 50.7 Å². The van der Waals surface area contributed by atoms with Gasteiger partial charge in [0, 0.05) is 35.1 Å². The fraction of sp³-hybridized carbons (Fsp3) is 0.278. The van der Waals surface area contributed by atoms with Crippen LogP contribution in [0.4, 0.5) is 5.69 Å². The van der Waals surface area contributed by atoms with E-state index in [1.807, 2.05) is 44.2 Å². The first kappa shape index (κ1) is 37.4. The van der Waals surface area contributed by atoms with Crippen LogP contribution in [0.2, 0.25) is 10.0 Å². The SMILES string of the molecule is COc1ccc(S(=O)(=O)N(CC(=O)N(Cc2ccc(Cl)cc2)[C@H](Cc2ccccc2)C(=O)NC(C)C)c2cc(Cl)ccc2OC)cc1OC. The van der Waals surface area contributed by atoms with Gasteiger partial charge in [-0.1, -0.05) is 65.7 Å². The van der Waals surface area contributed by atoms with E-state index in [1.54, 1.807) is 30.3 Å². The number of carbonyl (C=O) groups is 2. The minimum Gasteiger partial charge on any atom is -0.495 e.